The number of ether oxygens (including phenoxy) is 2. The number of fused-ring (bicyclic) bond motifs is 1. The van der Waals surface area contributed by atoms with Gasteiger partial charge in [0.25, 0.3) is 0 Å². The van der Waals surface area contributed by atoms with Gasteiger partial charge in [0.2, 0.25) is 12.7 Å². The highest BCUT2D eigenvalue weighted by atomic mass is 16.7. The number of amides is 1. The molecule has 0 spiro atoms. The highest BCUT2D eigenvalue weighted by molar-refractivity contribution is 5.78. The average Bonchev–Trinajstić information content (AvgIpc) is 3.18. The van der Waals surface area contributed by atoms with E-state index in [-0.39, 0.29) is 5.91 Å². The van der Waals surface area contributed by atoms with E-state index in [0.29, 0.717) is 13.3 Å². The van der Waals surface area contributed by atoms with E-state index >= 15 is 0 Å². The molecule has 2 aromatic rings. The summed E-state index contributed by atoms with van der Waals surface area (Å²) in [7, 11) is 0. The molecule has 2 aromatic carbocycles. The number of carbonyl (C=O) groups is 1. The van der Waals surface area contributed by atoms with Gasteiger partial charge in [-0.25, -0.2) is 0 Å². The molecular weight excluding hydrogens is 354 g/mol. The first-order chi connectivity index (χ1) is 13.7. The predicted octanol–water partition coefficient (Wildman–Crippen LogP) is 2.16. The van der Waals surface area contributed by atoms with Gasteiger partial charge in [-0.05, 0) is 35.7 Å². The summed E-state index contributed by atoms with van der Waals surface area (Å²) >= 11 is 0. The van der Waals surface area contributed by atoms with Crippen LogP contribution in [-0.2, 0) is 17.9 Å². The number of nitrogens with one attached hydrogen (secondary N) is 1. The number of hydrogen-bond donors (Lipinski definition) is 1. The third-order valence-electron chi connectivity index (χ3n) is 5.42. The van der Waals surface area contributed by atoms with Gasteiger partial charge < -0.3 is 19.7 Å². The van der Waals surface area contributed by atoms with E-state index in [2.05, 4.69) is 41.4 Å². The molecule has 6 nitrogen and oxygen atoms in total. The highest BCUT2D eigenvalue weighted by Crippen LogP contribution is 2.32. The van der Waals surface area contributed by atoms with Crippen LogP contribution in [0.2, 0.25) is 0 Å². The Balaban J connectivity index is 1.20. The largest absolute Gasteiger partial charge is 0.454 e. The Labute approximate surface area is 166 Å². The molecule has 0 aliphatic carbocycles. The number of rotatable bonds is 6. The molecule has 0 atom stereocenters. The first-order valence-corrected chi connectivity index (χ1v) is 9.83. The molecule has 28 heavy (non-hydrogen) atoms. The molecule has 2 heterocycles. The van der Waals surface area contributed by atoms with Crippen molar-refractivity contribution in [3.05, 3.63) is 59.2 Å². The zero-order valence-corrected chi connectivity index (χ0v) is 16.3. The molecule has 0 bridgehead atoms. The maximum atomic E-state index is 12.5. The second-order valence-electron chi connectivity index (χ2n) is 7.37. The zero-order valence-electron chi connectivity index (χ0n) is 16.3. The van der Waals surface area contributed by atoms with Crippen LogP contribution in [0.3, 0.4) is 0 Å². The number of nitrogens with zero attached hydrogens (tertiary/aromatic N) is 2. The van der Waals surface area contributed by atoms with Crippen LogP contribution in [0.4, 0.5) is 0 Å². The molecule has 0 saturated carbocycles. The van der Waals surface area contributed by atoms with Crippen LogP contribution < -0.4 is 14.8 Å². The van der Waals surface area contributed by atoms with E-state index in [1.807, 2.05) is 23.1 Å². The van der Waals surface area contributed by atoms with Crippen molar-refractivity contribution < 1.29 is 14.3 Å². The fraction of sp³-hybridized carbons (Fsp3) is 0.409. The molecule has 1 saturated heterocycles. The smallest absolute Gasteiger partial charge is 0.236 e. The minimum absolute atomic E-state index is 0.177. The number of benzene rings is 2. The molecule has 148 valence electrons. The summed E-state index contributed by atoms with van der Waals surface area (Å²) < 4.78 is 10.8. The third kappa shape index (κ3) is 4.46. The number of hydrogen-bond acceptors (Lipinski definition) is 5. The maximum Gasteiger partial charge on any atom is 0.236 e. The predicted molar refractivity (Wildman–Crippen MR) is 107 cm³/mol. The first-order valence-electron chi connectivity index (χ1n) is 9.83. The third-order valence-corrected chi connectivity index (χ3v) is 5.42. The van der Waals surface area contributed by atoms with Gasteiger partial charge in [0.15, 0.2) is 11.5 Å². The van der Waals surface area contributed by atoms with Gasteiger partial charge in [-0.2, -0.15) is 0 Å². The van der Waals surface area contributed by atoms with Gasteiger partial charge in [-0.1, -0.05) is 30.3 Å². The summed E-state index contributed by atoms with van der Waals surface area (Å²) in [5.74, 6) is 1.82. The van der Waals surface area contributed by atoms with E-state index < -0.39 is 0 Å². The molecule has 2 aliphatic rings. The van der Waals surface area contributed by atoms with Gasteiger partial charge in [-0.15, -0.1) is 0 Å². The standard InChI is InChI=1S/C22H27N3O3/c1-17-4-2-3-5-19(17)13-23-14-22(26)25-10-8-24(9-11-25)15-18-6-7-20-21(12-18)28-16-27-20/h2-7,12,23H,8-11,13-16H2,1H3. The van der Waals surface area contributed by atoms with E-state index in [9.17, 15) is 4.79 Å². The molecule has 0 radical (unpaired) electrons. The fourth-order valence-corrected chi connectivity index (χ4v) is 3.68. The van der Waals surface area contributed by atoms with E-state index in [0.717, 1.165) is 50.8 Å². The lowest BCUT2D eigenvalue weighted by molar-refractivity contribution is -0.132. The monoisotopic (exact) mass is 381 g/mol. The fourth-order valence-electron chi connectivity index (χ4n) is 3.68. The van der Waals surface area contributed by atoms with Crippen molar-refractivity contribution in [2.75, 3.05) is 39.5 Å². The topological polar surface area (TPSA) is 54.0 Å². The summed E-state index contributed by atoms with van der Waals surface area (Å²) in [6.45, 7) is 7.69. The lowest BCUT2D eigenvalue weighted by Gasteiger charge is -2.34. The van der Waals surface area contributed by atoms with Crippen LogP contribution in [0.1, 0.15) is 16.7 Å². The van der Waals surface area contributed by atoms with Crippen molar-refractivity contribution in [2.24, 2.45) is 0 Å². The van der Waals surface area contributed by atoms with Gasteiger partial charge in [0.05, 0.1) is 6.54 Å². The summed E-state index contributed by atoms with van der Waals surface area (Å²) in [6.07, 6.45) is 0. The Morgan fingerprint density at radius 1 is 1.04 bits per heavy atom. The molecule has 0 unspecified atom stereocenters. The molecule has 1 fully saturated rings. The Morgan fingerprint density at radius 2 is 1.82 bits per heavy atom. The Hall–Kier alpha value is -2.57. The molecular formula is C22H27N3O3. The van der Waals surface area contributed by atoms with Gasteiger partial charge >= 0.3 is 0 Å². The van der Waals surface area contributed by atoms with Crippen molar-refractivity contribution in [1.29, 1.82) is 0 Å². The summed E-state index contributed by atoms with van der Waals surface area (Å²) in [6, 6.07) is 14.4. The quantitative estimate of drug-likeness (QED) is 0.831. The van der Waals surface area contributed by atoms with E-state index in [1.54, 1.807) is 0 Å². The summed E-state index contributed by atoms with van der Waals surface area (Å²) in [4.78, 5) is 16.8. The van der Waals surface area contributed by atoms with Crippen molar-refractivity contribution >= 4 is 5.91 Å². The second kappa shape index (κ2) is 8.63. The summed E-state index contributed by atoms with van der Waals surface area (Å²) in [5, 5.41) is 3.28. The van der Waals surface area contributed by atoms with Crippen molar-refractivity contribution in [2.45, 2.75) is 20.0 Å². The molecule has 1 N–H and O–H groups in total. The molecule has 2 aliphatic heterocycles. The van der Waals surface area contributed by atoms with E-state index in [1.165, 1.54) is 16.7 Å². The summed E-state index contributed by atoms with van der Waals surface area (Å²) in [5.41, 5.74) is 3.70. The average molecular weight is 381 g/mol. The van der Waals surface area contributed by atoms with Crippen molar-refractivity contribution in [3.8, 4) is 11.5 Å². The lowest BCUT2D eigenvalue weighted by Crippen LogP contribution is -2.50. The minimum atomic E-state index is 0.177. The normalized spacial score (nSPS) is 16.4. The number of carbonyl (C=O) groups excluding carboxylic acids is 1. The van der Waals surface area contributed by atoms with Crippen LogP contribution >= 0.6 is 0 Å². The van der Waals surface area contributed by atoms with E-state index in [4.69, 9.17) is 9.47 Å². The van der Waals surface area contributed by atoms with Crippen LogP contribution in [0, 0.1) is 6.92 Å². The molecule has 6 heteroatoms. The second-order valence-corrected chi connectivity index (χ2v) is 7.37. The Bertz CT molecular complexity index is 832. The van der Waals surface area contributed by atoms with Gasteiger partial charge in [0, 0.05) is 39.3 Å². The Morgan fingerprint density at radius 3 is 2.64 bits per heavy atom. The number of piperazine rings is 1. The van der Waals surface area contributed by atoms with Gasteiger partial charge in [-0.3, -0.25) is 9.69 Å². The highest BCUT2D eigenvalue weighted by Gasteiger charge is 2.21. The van der Waals surface area contributed by atoms with Crippen LogP contribution in [-0.4, -0.2) is 55.2 Å². The molecule has 0 aromatic heterocycles. The zero-order chi connectivity index (χ0) is 19.3. The maximum absolute atomic E-state index is 12.5. The molecule has 1 amide bonds. The first kappa shape index (κ1) is 18.8. The molecule has 4 rings (SSSR count). The van der Waals surface area contributed by atoms with Crippen molar-refractivity contribution in [1.82, 2.24) is 15.1 Å². The minimum Gasteiger partial charge on any atom is -0.454 e. The van der Waals surface area contributed by atoms with Crippen LogP contribution in [0.15, 0.2) is 42.5 Å². The van der Waals surface area contributed by atoms with Crippen LogP contribution in [0.5, 0.6) is 11.5 Å². The van der Waals surface area contributed by atoms with Crippen molar-refractivity contribution in [3.63, 3.8) is 0 Å². The Kier molecular flexibility index (Phi) is 5.78. The van der Waals surface area contributed by atoms with Crippen LogP contribution in [0.25, 0.3) is 0 Å². The lowest BCUT2D eigenvalue weighted by atomic mass is 10.1. The number of aryl methyl sites for hydroxylation is 1. The SMILES string of the molecule is Cc1ccccc1CNCC(=O)N1CCN(Cc2ccc3c(c2)OCO3)CC1. The van der Waals surface area contributed by atoms with Gasteiger partial charge in [0.1, 0.15) is 0 Å².